The fourth-order valence-corrected chi connectivity index (χ4v) is 5.02. The molecule has 0 spiro atoms. The van der Waals surface area contributed by atoms with Crippen molar-refractivity contribution in [3.05, 3.63) is 35.0 Å². The summed E-state index contributed by atoms with van der Waals surface area (Å²) in [7, 11) is 4.72. The minimum atomic E-state index is -0.769. The predicted octanol–water partition coefficient (Wildman–Crippen LogP) is 2.16. The Kier molecular flexibility index (Phi) is 8.03. The Morgan fingerprint density at radius 1 is 1.08 bits per heavy atom. The molecule has 1 atom stereocenters. The number of carbonyl (C=O) groups excluding carboxylic acids is 3. The number of likely N-dealkylation sites (N-methyl/N-ethyl adjacent to an activating group) is 1. The molecule has 0 aromatic heterocycles. The number of ether oxygens (including phenoxy) is 3. The fraction of sp³-hybridized carbons (Fsp3) is 0.577. The molecular formula is C26H36N4O6. The largest absolute Gasteiger partial charge is 0.493 e. The maximum atomic E-state index is 13.3. The number of para-hydroxylation sites is 1. The third-order valence-electron chi connectivity index (χ3n) is 7.33. The molecule has 3 amide bonds. The quantitative estimate of drug-likeness (QED) is 0.546. The fourth-order valence-electron chi connectivity index (χ4n) is 5.02. The molecule has 2 fully saturated rings. The second-order valence-electron chi connectivity index (χ2n) is 9.33. The number of rotatable bonds is 8. The van der Waals surface area contributed by atoms with Crippen LogP contribution in [0.15, 0.2) is 29.5 Å². The number of piperazine rings is 1. The monoisotopic (exact) mass is 500 g/mol. The molecule has 1 unspecified atom stereocenters. The maximum Gasteiger partial charge on any atom is 0.338 e. The van der Waals surface area contributed by atoms with Gasteiger partial charge in [0.2, 0.25) is 5.91 Å². The van der Waals surface area contributed by atoms with Gasteiger partial charge in [0.15, 0.2) is 11.5 Å². The number of amides is 3. The van der Waals surface area contributed by atoms with Gasteiger partial charge in [-0.2, -0.15) is 0 Å². The van der Waals surface area contributed by atoms with Crippen molar-refractivity contribution in [2.24, 2.45) is 5.92 Å². The van der Waals surface area contributed by atoms with E-state index in [1.54, 1.807) is 32.2 Å². The van der Waals surface area contributed by atoms with Gasteiger partial charge in [0, 0.05) is 56.9 Å². The Morgan fingerprint density at radius 3 is 2.39 bits per heavy atom. The van der Waals surface area contributed by atoms with Gasteiger partial charge in [-0.1, -0.05) is 18.6 Å². The molecule has 10 heteroatoms. The van der Waals surface area contributed by atoms with E-state index in [-0.39, 0.29) is 24.5 Å². The summed E-state index contributed by atoms with van der Waals surface area (Å²) >= 11 is 0. The zero-order valence-electron chi connectivity index (χ0n) is 21.5. The summed E-state index contributed by atoms with van der Waals surface area (Å²) in [4.78, 5) is 44.6. The van der Waals surface area contributed by atoms with E-state index in [0.717, 1.165) is 19.3 Å². The Hall–Kier alpha value is -3.27. The average molecular weight is 501 g/mol. The number of hydrogen-bond acceptors (Lipinski definition) is 7. The number of hydrogen-bond donors (Lipinski definition) is 1. The van der Waals surface area contributed by atoms with Crippen LogP contribution in [0.3, 0.4) is 0 Å². The van der Waals surface area contributed by atoms with E-state index < -0.39 is 12.0 Å². The van der Waals surface area contributed by atoms with Crippen LogP contribution < -0.4 is 14.8 Å². The second kappa shape index (κ2) is 11.2. The highest BCUT2D eigenvalue weighted by molar-refractivity contribution is 5.95. The van der Waals surface area contributed by atoms with Gasteiger partial charge in [0.25, 0.3) is 0 Å². The standard InChI is InChI=1S/C26H36N4O6/c1-5-36-25(32)21-19(16-29-12-14-30(15-13-29)24(31)17-8-6-9-17)28(2)26(33)27-22(21)18-10-7-11-20(34-3)23(18)35-4/h7,10-11,17,22H,5-6,8-9,12-16H2,1-4H3,(H,27,33). The van der Waals surface area contributed by atoms with Crippen molar-refractivity contribution < 1.29 is 28.6 Å². The Bertz CT molecular complexity index is 1030. The molecule has 4 rings (SSSR count). The molecule has 10 nitrogen and oxygen atoms in total. The summed E-state index contributed by atoms with van der Waals surface area (Å²) in [6.45, 7) is 4.95. The van der Waals surface area contributed by atoms with Gasteiger partial charge in [-0.15, -0.1) is 0 Å². The Balaban J connectivity index is 1.64. The number of nitrogens with zero attached hydrogens (tertiary/aromatic N) is 3. The lowest BCUT2D eigenvalue weighted by Gasteiger charge is -2.41. The summed E-state index contributed by atoms with van der Waals surface area (Å²) in [5.74, 6) is 0.889. The first kappa shape index (κ1) is 25.8. The van der Waals surface area contributed by atoms with E-state index in [1.807, 2.05) is 4.90 Å². The number of benzene rings is 1. The first-order chi connectivity index (χ1) is 17.4. The molecule has 0 radical (unpaired) electrons. The van der Waals surface area contributed by atoms with Crippen LogP contribution in [0, 0.1) is 5.92 Å². The topological polar surface area (TPSA) is 101 Å². The smallest absolute Gasteiger partial charge is 0.338 e. The summed E-state index contributed by atoms with van der Waals surface area (Å²) in [6, 6.07) is 4.26. The van der Waals surface area contributed by atoms with Crippen LogP contribution >= 0.6 is 0 Å². The van der Waals surface area contributed by atoms with Crippen molar-refractivity contribution in [2.75, 3.05) is 60.6 Å². The molecule has 3 aliphatic rings. The minimum absolute atomic E-state index is 0.182. The average Bonchev–Trinajstić information content (AvgIpc) is 2.85. The lowest BCUT2D eigenvalue weighted by atomic mass is 9.84. The number of urea groups is 1. The van der Waals surface area contributed by atoms with E-state index >= 15 is 0 Å². The van der Waals surface area contributed by atoms with Gasteiger partial charge < -0.3 is 24.4 Å². The van der Waals surface area contributed by atoms with Crippen molar-refractivity contribution >= 4 is 17.9 Å². The second-order valence-corrected chi connectivity index (χ2v) is 9.33. The molecule has 1 aromatic carbocycles. The summed E-state index contributed by atoms with van der Waals surface area (Å²) < 4.78 is 16.5. The van der Waals surface area contributed by atoms with E-state index in [9.17, 15) is 14.4 Å². The van der Waals surface area contributed by atoms with Crippen LogP contribution in [0.4, 0.5) is 4.79 Å². The Labute approximate surface area is 212 Å². The molecule has 1 aliphatic carbocycles. The highest BCUT2D eigenvalue weighted by Crippen LogP contribution is 2.40. The van der Waals surface area contributed by atoms with Gasteiger partial charge in [-0.3, -0.25) is 14.6 Å². The third-order valence-corrected chi connectivity index (χ3v) is 7.33. The first-order valence-electron chi connectivity index (χ1n) is 12.6. The normalized spacial score (nSPS) is 21.1. The van der Waals surface area contributed by atoms with Crippen LogP contribution in [0.2, 0.25) is 0 Å². The number of nitrogens with one attached hydrogen (secondary N) is 1. The summed E-state index contributed by atoms with van der Waals surface area (Å²) in [6.07, 6.45) is 3.11. The predicted molar refractivity (Wildman–Crippen MR) is 133 cm³/mol. The third kappa shape index (κ3) is 5.00. The van der Waals surface area contributed by atoms with E-state index in [2.05, 4.69) is 10.2 Å². The number of methoxy groups -OCH3 is 2. The molecular weight excluding hydrogens is 464 g/mol. The van der Waals surface area contributed by atoms with Crippen molar-refractivity contribution in [1.29, 1.82) is 0 Å². The van der Waals surface area contributed by atoms with Crippen LogP contribution in [0.1, 0.15) is 37.8 Å². The molecule has 2 aliphatic heterocycles. The van der Waals surface area contributed by atoms with Crippen LogP contribution in [-0.4, -0.2) is 93.2 Å². The van der Waals surface area contributed by atoms with Gasteiger partial charge in [-0.05, 0) is 25.8 Å². The van der Waals surface area contributed by atoms with Crippen molar-refractivity contribution in [2.45, 2.75) is 32.2 Å². The van der Waals surface area contributed by atoms with Gasteiger partial charge >= 0.3 is 12.0 Å². The lowest BCUT2D eigenvalue weighted by Crippen LogP contribution is -2.54. The van der Waals surface area contributed by atoms with Gasteiger partial charge in [0.05, 0.1) is 32.4 Å². The van der Waals surface area contributed by atoms with E-state index in [0.29, 0.717) is 61.1 Å². The van der Waals surface area contributed by atoms with Crippen molar-refractivity contribution in [3.8, 4) is 11.5 Å². The van der Waals surface area contributed by atoms with Gasteiger partial charge in [0.1, 0.15) is 0 Å². The zero-order valence-corrected chi connectivity index (χ0v) is 21.5. The number of esters is 1. The van der Waals surface area contributed by atoms with Crippen molar-refractivity contribution in [3.63, 3.8) is 0 Å². The molecule has 0 bridgehead atoms. The number of carbonyl (C=O) groups is 3. The zero-order chi connectivity index (χ0) is 25.8. The summed E-state index contributed by atoms with van der Waals surface area (Å²) in [5, 5.41) is 2.93. The van der Waals surface area contributed by atoms with Crippen LogP contribution in [0.5, 0.6) is 11.5 Å². The molecule has 1 saturated heterocycles. The minimum Gasteiger partial charge on any atom is -0.493 e. The highest BCUT2D eigenvalue weighted by Gasteiger charge is 2.39. The van der Waals surface area contributed by atoms with E-state index in [1.165, 1.54) is 19.1 Å². The van der Waals surface area contributed by atoms with Crippen LogP contribution in [0.25, 0.3) is 0 Å². The molecule has 2 heterocycles. The molecule has 1 saturated carbocycles. The van der Waals surface area contributed by atoms with Crippen molar-refractivity contribution in [1.82, 2.24) is 20.0 Å². The lowest BCUT2D eigenvalue weighted by molar-refractivity contribution is -0.140. The Morgan fingerprint density at radius 2 is 1.81 bits per heavy atom. The SMILES string of the molecule is CCOC(=O)C1=C(CN2CCN(C(=O)C3CCC3)CC2)N(C)C(=O)NC1c1cccc(OC)c1OC. The molecule has 36 heavy (non-hydrogen) atoms. The first-order valence-corrected chi connectivity index (χ1v) is 12.6. The molecule has 196 valence electrons. The maximum absolute atomic E-state index is 13.3. The molecule has 1 aromatic rings. The summed E-state index contributed by atoms with van der Waals surface area (Å²) in [5.41, 5.74) is 1.54. The highest BCUT2D eigenvalue weighted by atomic mass is 16.5. The van der Waals surface area contributed by atoms with Gasteiger partial charge in [-0.25, -0.2) is 9.59 Å². The molecule has 1 N–H and O–H groups in total. The van der Waals surface area contributed by atoms with Crippen LogP contribution in [-0.2, 0) is 14.3 Å². The van der Waals surface area contributed by atoms with E-state index in [4.69, 9.17) is 14.2 Å².